The van der Waals surface area contributed by atoms with Gasteiger partial charge in [-0.25, -0.2) is 9.18 Å². The molecular formula is C26H17ClFN5O4. The van der Waals surface area contributed by atoms with Crippen LogP contribution in [0.25, 0.3) is 33.3 Å². The Bertz CT molecular complexity index is 1730. The maximum Gasteiger partial charge on any atom is 0.352 e. The number of carboxylic acids is 1. The number of aromatic carboxylic acids is 1. The fraction of sp³-hybridized carbons (Fsp3) is 0. The zero-order valence-corrected chi connectivity index (χ0v) is 19.6. The van der Waals surface area contributed by atoms with Crippen molar-refractivity contribution in [3.63, 3.8) is 0 Å². The molecule has 0 aliphatic carbocycles. The third-order valence-corrected chi connectivity index (χ3v) is 6.07. The largest absolute Gasteiger partial charge is 0.477 e. The number of hydrogen-bond acceptors (Lipinski definition) is 4. The normalized spacial score (nSPS) is 11.0. The number of carbonyl (C=O) groups excluding carboxylic acids is 2. The number of nitrogens with two attached hydrogens (primary N) is 1. The van der Waals surface area contributed by atoms with Gasteiger partial charge < -0.3 is 21.1 Å². The zero-order valence-electron chi connectivity index (χ0n) is 18.8. The molecule has 0 radical (unpaired) electrons. The Labute approximate surface area is 213 Å². The van der Waals surface area contributed by atoms with Crippen LogP contribution >= 0.6 is 11.6 Å². The minimum atomic E-state index is -1.10. The van der Waals surface area contributed by atoms with Crippen LogP contribution in [0.15, 0.2) is 66.7 Å². The molecule has 5 rings (SSSR count). The summed E-state index contributed by atoms with van der Waals surface area (Å²) in [6.07, 6.45) is 0. The maximum absolute atomic E-state index is 14.4. The third-order valence-electron chi connectivity index (χ3n) is 5.78. The first-order valence-electron chi connectivity index (χ1n) is 10.8. The number of para-hydroxylation sites is 1. The Balaban J connectivity index is 1.53. The minimum absolute atomic E-state index is 0.00628. The molecule has 184 valence electrons. The van der Waals surface area contributed by atoms with Gasteiger partial charge in [0.2, 0.25) is 0 Å². The summed E-state index contributed by atoms with van der Waals surface area (Å²) in [5, 5.41) is 19.1. The number of nitrogens with zero attached hydrogens (tertiary/aromatic N) is 1. The number of anilines is 1. The second kappa shape index (κ2) is 9.25. The van der Waals surface area contributed by atoms with Crippen molar-refractivity contribution < 1.29 is 23.9 Å². The van der Waals surface area contributed by atoms with E-state index >= 15 is 0 Å². The highest BCUT2D eigenvalue weighted by molar-refractivity contribution is 6.31. The van der Waals surface area contributed by atoms with Gasteiger partial charge in [-0.1, -0.05) is 35.9 Å². The summed E-state index contributed by atoms with van der Waals surface area (Å²) in [6, 6.07) is 17.2. The molecule has 11 heteroatoms. The van der Waals surface area contributed by atoms with Crippen LogP contribution < -0.4 is 11.1 Å². The second-order valence-electron chi connectivity index (χ2n) is 8.10. The number of carboxylic acid groups (broad SMARTS) is 1. The summed E-state index contributed by atoms with van der Waals surface area (Å²) in [6.45, 7) is 0. The van der Waals surface area contributed by atoms with Crippen molar-refractivity contribution in [3.05, 3.63) is 94.5 Å². The predicted molar refractivity (Wildman–Crippen MR) is 136 cm³/mol. The van der Waals surface area contributed by atoms with Crippen molar-refractivity contribution in [1.29, 1.82) is 0 Å². The Morgan fingerprint density at radius 3 is 2.49 bits per heavy atom. The monoisotopic (exact) mass is 517 g/mol. The molecule has 5 aromatic rings. The average molecular weight is 518 g/mol. The summed E-state index contributed by atoms with van der Waals surface area (Å²) in [7, 11) is 0. The molecule has 3 aromatic carbocycles. The van der Waals surface area contributed by atoms with Gasteiger partial charge in [0.25, 0.3) is 11.8 Å². The number of amides is 2. The fourth-order valence-corrected chi connectivity index (χ4v) is 4.18. The van der Waals surface area contributed by atoms with Crippen molar-refractivity contribution in [1.82, 2.24) is 15.2 Å². The molecule has 2 heterocycles. The number of fused-ring (bicyclic) bond motifs is 1. The lowest BCUT2D eigenvalue weighted by atomic mass is 9.98. The van der Waals surface area contributed by atoms with Gasteiger partial charge in [0.1, 0.15) is 11.4 Å². The summed E-state index contributed by atoms with van der Waals surface area (Å²) in [4.78, 5) is 39.5. The lowest BCUT2D eigenvalue weighted by Gasteiger charge is -2.14. The number of nitrogens with one attached hydrogen (secondary N) is 3. The lowest BCUT2D eigenvalue weighted by Crippen LogP contribution is -2.19. The smallest absolute Gasteiger partial charge is 0.352 e. The molecule has 0 unspecified atom stereocenters. The number of benzene rings is 3. The van der Waals surface area contributed by atoms with Gasteiger partial charge in [0.15, 0.2) is 5.82 Å². The highest BCUT2D eigenvalue weighted by atomic mass is 35.5. The molecule has 2 aromatic heterocycles. The topological polar surface area (TPSA) is 154 Å². The number of halogens is 2. The molecule has 0 saturated carbocycles. The standard InChI is InChI=1S/C26H17ClFN5O4/c27-17-6-2-4-15(22(17)28)19-11-20(33-32-19)25(35)31-23-14(3-1-5-16(23)24(29)34)12-7-8-18-13(9-12)10-21(30-18)26(36)37/h1-11,30H,(H2,29,34)(H,31,35)(H,32,33)(H,36,37). The van der Waals surface area contributed by atoms with E-state index in [4.69, 9.17) is 17.3 Å². The number of rotatable bonds is 6. The quantitative estimate of drug-likeness (QED) is 0.213. The SMILES string of the molecule is NC(=O)c1cccc(-c2ccc3[nH]c(C(=O)O)cc3c2)c1NC(=O)c1cc(-c2cccc(Cl)c2F)n[nH]1. The Kier molecular flexibility index (Phi) is 5.94. The molecule has 0 aliphatic rings. The van der Waals surface area contributed by atoms with Crippen LogP contribution in [0.4, 0.5) is 10.1 Å². The molecule has 0 aliphatic heterocycles. The molecule has 0 atom stereocenters. The van der Waals surface area contributed by atoms with E-state index in [-0.39, 0.29) is 38.9 Å². The highest BCUT2D eigenvalue weighted by Crippen LogP contribution is 2.34. The lowest BCUT2D eigenvalue weighted by molar-refractivity contribution is 0.0691. The zero-order chi connectivity index (χ0) is 26.3. The van der Waals surface area contributed by atoms with Crippen LogP contribution in [-0.2, 0) is 0 Å². The molecule has 9 nitrogen and oxygen atoms in total. The third kappa shape index (κ3) is 4.41. The summed E-state index contributed by atoms with van der Waals surface area (Å²) < 4.78 is 14.4. The number of carbonyl (C=O) groups is 3. The van der Waals surface area contributed by atoms with E-state index in [9.17, 15) is 23.9 Å². The van der Waals surface area contributed by atoms with E-state index in [0.717, 1.165) is 0 Å². The maximum atomic E-state index is 14.4. The van der Waals surface area contributed by atoms with Crippen molar-refractivity contribution in [2.24, 2.45) is 5.73 Å². The van der Waals surface area contributed by atoms with Gasteiger partial charge in [-0.2, -0.15) is 5.10 Å². The Morgan fingerprint density at radius 2 is 1.73 bits per heavy atom. The average Bonchev–Trinajstić information content (AvgIpc) is 3.53. The van der Waals surface area contributed by atoms with E-state index in [2.05, 4.69) is 20.5 Å². The van der Waals surface area contributed by atoms with Crippen LogP contribution in [0.2, 0.25) is 5.02 Å². The predicted octanol–water partition coefficient (Wildman–Crippen LogP) is 5.07. The molecule has 2 amide bonds. The second-order valence-corrected chi connectivity index (χ2v) is 8.51. The van der Waals surface area contributed by atoms with Gasteiger partial charge in [-0.15, -0.1) is 0 Å². The van der Waals surface area contributed by atoms with Crippen LogP contribution in [0.5, 0.6) is 0 Å². The number of hydrogen-bond donors (Lipinski definition) is 5. The van der Waals surface area contributed by atoms with Gasteiger partial charge in [0, 0.05) is 22.0 Å². The van der Waals surface area contributed by atoms with Gasteiger partial charge in [-0.05, 0) is 48.0 Å². The van der Waals surface area contributed by atoms with Gasteiger partial charge >= 0.3 is 5.97 Å². The van der Waals surface area contributed by atoms with Crippen LogP contribution in [0.3, 0.4) is 0 Å². The Morgan fingerprint density at radius 1 is 0.973 bits per heavy atom. The summed E-state index contributed by atoms with van der Waals surface area (Å²) >= 11 is 5.85. The summed E-state index contributed by atoms with van der Waals surface area (Å²) in [5.74, 6) is -3.18. The van der Waals surface area contributed by atoms with Crippen molar-refractivity contribution in [2.45, 2.75) is 0 Å². The first-order chi connectivity index (χ1) is 17.7. The molecule has 0 saturated heterocycles. The van der Waals surface area contributed by atoms with E-state index in [1.54, 1.807) is 36.4 Å². The van der Waals surface area contributed by atoms with Crippen molar-refractivity contribution >= 4 is 46.0 Å². The first-order valence-corrected chi connectivity index (χ1v) is 11.2. The van der Waals surface area contributed by atoms with Crippen molar-refractivity contribution in [2.75, 3.05) is 5.32 Å². The number of primary amides is 1. The molecular weight excluding hydrogens is 501 g/mol. The van der Waals surface area contributed by atoms with Gasteiger partial charge in [0.05, 0.1) is 22.0 Å². The number of H-pyrrole nitrogens is 2. The highest BCUT2D eigenvalue weighted by Gasteiger charge is 2.20. The van der Waals surface area contributed by atoms with Crippen LogP contribution in [-0.4, -0.2) is 38.1 Å². The van der Waals surface area contributed by atoms with Crippen molar-refractivity contribution in [3.8, 4) is 22.4 Å². The molecule has 0 bridgehead atoms. The Hall–Kier alpha value is -4.96. The first kappa shape index (κ1) is 23.8. The van der Waals surface area contributed by atoms with E-state index in [1.807, 2.05) is 0 Å². The molecule has 0 fully saturated rings. The fourth-order valence-electron chi connectivity index (χ4n) is 4.01. The molecule has 37 heavy (non-hydrogen) atoms. The number of aromatic nitrogens is 3. The summed E-state index contributed by atoms with van der Waals surface area (Å²) in [5.41, 5.74) is 7.79. The number of aromatic amines is 2. The van der Waals surface area contributed by atoms with E-state index in [0.29, 0.717) is 22.0 Å². The van der Waals surface area contributed by atoms with E-state index < -0.39 is 23.6 Å². The van der Waals surface area contributed by atoms with Crippen LogP contribution in [0.1, 0.15) is 31.3 Å². The van der Waals surface area contributed by atoms with Crippen LogP contribution in [0, 0.1) is 5.82 Å². The van der Waals surface area contributed by atoms with Gasteiger partial charge in [-0.3, -0.25) is 14.7 Å². The van der Waals surface area contributed by atoms with E-state index in [1.165, 1.54) is 30.3 Å². The minimum Gasteiger partial charge on any atom is -0.477 e. The molecule has 0 spiro atoms. The molecule has 6 N–H and O–H groups in total.